The third kappa shape index (κ3) is 2.66. The topological polar surface area (TPSA) is 17.1 Å². The third-order valence-corrected chi connectivity index (χ3v) is 5.38. The van der Waals surface area contributed by atoms with E-state index >= 15 is 0 Å². The summed E-state index contributed by atoms with van der Waals surface area (Å²) in [6.45, 7) is 0. The van der Waals surface area contributed by atoms with Crippen molar-refractivity contribution in [3.8, 4) is 0 Å². The van der Waals surface area contributed by atoms with Crippen molar-refractivity contribution < 1.29 is 4.79 Å². The molecule has 3 aromatic rings. The Kier molecular flexibility index (Phi) is 3.92. The van der Waals surface area contributed by atoms with E-state index in [1.54, 1.807) is 29.5 Å². The Hall–Kier alpha value is -1.16. The Morgan fingerprint density at radius 2 is 2.00 bits per heavy atom. The Balaban J connectivity index is 1.90. The van der Waals surface area contributed by atoms with Crippen LogP contribution in [0.3, 0.4) is 0 Å². The van der Waals surface area contributed by atoms with Crippen LogP contribution in [-0.4, -0.2) is 5.78 Å². The number of carbonyl (C=O) groups is 1. The first-order valence-corrected chi connectivity index (χ1v) is 8.13. The Labute approximate surface area is 134 Å². The predicted octanol–water partition coefficient (Wildman–Crippen LogP) is 5.74. The maximum Gasteiger partial charge on any atom is 0.167 e. The van der Waals surface area contributed by atoms with Crippen LogP contribution in [0, 0.1) is 0 Å². The molecule has 0 spiro atoms. The van der Waals surface area contributed by atoms with Gasteiger partial charge in [0.1, 0.15) is 0 Å². The van der Waals surface area contributed by atoms with Crippen LogP contribution in [0.1, 0.15) is 15.9 Å². The fraction of sp³-hybridized carbons (Fsp3) is 0.0625. The standard InChI is InChI=1S/C16H10BrClOS/c17-13-7-10(5-6-14(13)18)15(19)8-11-9-20-16-4-2-1-3-12(11)16/h1-7,9H,8H2. The number of benzene rings is 2. The van der Waals surface area contributed by atoms with Crippen molar-refractivity contribution in [3.63, 3.8) is 0 Å². The molecule has 0 saturated heterocycles. The highest BCUT2D eigenvalue weighted by molar-refractivity contribution is 9.10. The molecule has 1 heterocycles. The molecule has 0 aliphatic carbocycles. The Bertz CT molecular complexity index is 794. The van der Waals surface area contributed by atoms with Crippen LogP contribution in [0.25, 0.3) is 10.1 Å². The summed E-state index contributed by atoms with van der Waals surface area (Å²) in [6.07, 6.45) is 0.415. The summed E-state index contributed by atoms with van der Waals surface area (Å²) in [7, 11) is 0. The van der Waals surface area contributed by atoms with E-state index in [0.29, 0.717) is 17.0 Å². The summed E-state index contributed by atoms with van der Waals surface area (Å²) in [6, 6.07) is 13.4. The predicted molar refractivity (Wildman–Crippen MR) is 89.0 cm³/mol. The van der Waals surface area contributed by atoms with Crippen molar-refractivity contribution in [1.82, 2.24) is 0 Å². The van der Waals surface area contributed by atoms with Gasteiger partial charge in [0.15, 0.2) is 5.78 Å². The van der Waals surface area contributed by atoms with Crippen molar-refractivity contribution in [2.45, 2.75) is 6.42 Å². The molecule has 0 N–H and O–H groups in total. The summed E-state index contributed by atoms with van der Waals surface area (Å²) in [4.78, 5) is 12.4. The highest BCUT2D eigenvalue weighted by Crippen LogP contribution is 2.28. The van der Waals surface area contributed by atoms with Crippen molar-refractivity contribution in [3.05, 3.63) is 68.5 Å². The molecule has 0 unspecified atom stereocenters. The molecule has 1 aromatic heterocycles. The lowest BCUT2D eigenvalue weighted by Gasteiger charge is -2.03. The van der Waals surface area contributed by atoms with Crippen LogP contribution in [0.2, 0.25) is 5.02 Å². The third-order valence-electron chi connectivity index (χ3n) is 3.15. The first kappa shape index (κ1) is 13.8. The molecule has 0 saturated carbocycles. The summed E-state index contributed by atoms with van der Waals surface area (Å²) in [5, 5.41) is 3.84. The average Bonchev–Trinajstić information content (AvgIpc) is 2.85. The molecule has 100 valence electrons. The summed E-state index contributed by atoms with van der Waals surface area (Å²) >= 11 is 11.0. The first-order valence-electron chi connectivity index (χ1n) is 6.08. The second kappa shape index (κ2) is 5.68. The second-order valence-corrected chi connectivity index (χ2v) is 6.66. The molecule has 20 heavy (non-hydrogen) atoms. The highest BCUT2D eigenvalue weighted by Gasteiger charge is 2.12. The largest absolute Gasteiger partial charge is 0.294 e. The minimum atomic E-state index is 0.103. The van der Waals surface area contributed by atoms with Gasteiger partial charge in [-0.3, -0.25) is 4.79 Å². The van der Waals surface area contributed by atoms with E-state index in [1.165, 1.54) is 10.1 Å². The molecule has 0 aliphatic heterocycles. The number of halogens is 2. The van der Waals surface area contributed by atoms with Crippen LogP contribution in [0.4, 0.5) is 0 Å². The van der Waals surface area contributed by atoms with E-state index < -0.39 is 0 Å². The number of Topliss-reactive ketones (excluding diaryl/α,β-unsaturated/α-hetero) is 1. The zero-order valence-electron chi connectivity index (χ0n) is 10.4. The van der Waals surface area contributed by atoms with Gasteiger partial charge in [-0.05, 0) is 56.5 Å². The van der Waals surface area contributed by atoms with Crippen molar-refractivity contribution in [1.29, 1.82) is 0 Å². The van der Waals surface area contributed by atoms with Gasteiger partial charge in [-0.1, -0.05) is 29.8 Å². The van der Waals surface area contributed by atoms with Gasteiger partial charge >= 0.3 is 0 Å². The van der Waals surface area contributed by atoms with Gasteiger partial charge in [-0.2, -0.15) is 0 Å². The monoisotopic (exact) mass is 364 g/mol. The van der Waals surface area contributed by atoms with Crippen LogP contribution in [-0.2, 0) is 6.42 Å². The molecule has 0 radical (unpaired) electrons. The van der Waals surface area contributed by atoms with Crippen molar-refractivity contribution in [2.24, 2.45) is 0 Å². The SMILES string of the molecule is O=C(Cc1csc2ccccc12)c1ccc(Cl)c(Br)c1. The maximum atomic E-state index is 12.4. The quantitative estimate of drug-likeness (QED) is 0.541. The molecule has 3 rings (SSSR count). The number of hydrogen-bond acceptors (Lipinski definition) is 2. The number of hydrogen-bond donors (Lipinski definition) is 0. The Morgan fingerprint density at radius 3 is 2.80 bits per heavy atom. The van der Waals surface area contributed by atoms with Crippen molar-refractivity contribution >= 4 is 54.7 Å². The molecule has 0 atom stereocenters. The summed E-state index contributed by atoms with van der Waals surface area (Å²) < 4.78 is 1.97. The molecule has 1 nitrogen and oxygen atoms in total. The second-order valence-electron chi connectivity index (χ2n) is 4.49. The zero-order chi connectivity index (χ0) is 14.1. The minimum absolute atomic E-state index is 0.103. The lowest BCUT2D eigenvalue weighted by Crippen LogP contribution is -2.03. The number of ketones is 1. The molecular formula is C16H10BrClOS. The van der Waals surface area contributed by atoms with Gasteiger partial charge in [0.2, 0.25) is 0 Å². The smallest absolute Gasteiger partial charge is 0.167 e. The molecule has 0 fully saturated rings. The summed E-state index contributed by atoms with van der Waals surface area (Å²) in [5.41, 5.74) is 1.76. The van der Waals surface area contributed by atoms with Gasteiger partial charge < -0.3 is 0 Å². The molecule has 2 aromatic carbocycles. The fourth-order valence-corrected chi connectivity index (χ4v) is 3.57. The van der Waals surface area contributed by atoms with Crippen LogP contribution in [0.15, 0.2) is 52.3 Å². The highest BCUT2D eigenvalue weighted by atomic mass is 79.9. The van der Waals surface area contributed by atoms with Gasteiger partial charge in [-0.15, -0.1) is 11.3 Å². The lowest BCUT2D eigenvalue weighted by molar-refractivity contribution is 0.0993. The van der Waals surface area contributed by atoms with E-state index in [4.69, 9.17) is 11.6 Å². The lowest BCUT2D eigenvalue weighted by atomic mass is 10.0. The molecule has 0 aliphatic rings. The molecule has 0 amide bonds. The van der Waals surface area contributed by atoms with Gasteiger partial charge in [-0.25, -0.2) is 0 Å². The van der Waals surface area contributed by atoms with E-state index in [1.807, 2.05) is 12.1 Å². The van der Waals surface area contributed by atoms with E-state index in [-0.39, 0.29) is 5.78 Å². The van der Waals surface area contributed by atoms with Crippen LogP contribution < -0.4 is 0 Å². The van der Waals surface area contributed by atoms with Crippen LogP contribution in [0.5, 0.6) is 0 Å². The van der Waals surface area contributed by atoms with E-state index in [9.17, 15) is 4.79 Å². The van der Waals surface area contributed by atoms with Gasteiger partial charge in [0, 0.05) is 21.2 Å². The Morgan fingerprint density at radius 1 is 1.20 bits per heavy atom. The maximum absolute atomic E-state index is 12.4. The van der Waals surface area contributed by atoms with Crippen LogP contribution >= 0.6 is 38.9 Å². The van der Waals surface area contributed by atoms with Crippen molar-refractivity contribution in [2.75, 3.05) is 0 Å². The first-order chi connectivity index (χ1) is 9.65. The molecule has 0 bridgehead atoms. The molecule has 4 heteroatoms. The van der Waals surface area contributed by atoms with E-state index in [2.05, 4.69) is 33.4 Å². The summed E-state index contributed by atoms with van der Waals surface area (Å²) in [5.74, 6) is 0.103. The fourth-order valence-electron chi connectivity index (χ4n) is 2.11. The minimum Gasteiger partial charge on any atom is -0.294 e. The number of rotatable bonds is 3. The van der Waals surface area contributed by atoms with E-state index in [0.717, 1.165) is 10.0 Å². The zero-order valence-corrected chi connectivity index (χ0v) is 13.6. The van der Waals surface area contributed by atoms with Gasteiger partial charge in [0.05, 0.1) is 5.02 Å². The normalized spacial score (nSPS) is 10.9. The van der Waals surface area contributed by atoms with Gasteiger partial charge in [0.25, 0.3) is 0 Å². The number of carbonyl (C=O) groups excluding carboxylic acids is 1. The average molecular weight is 366 g/mol. The number of thiophene rings is 1. The molecular weight excluding hydrogens is 356 g/mol. The number of fused-ring (bicyclic) bond motifs is 1.